The van der Waals surface area contributed by atoms with Crippen molar-refractivity contribution in [3.8, 4) is 146 Å². The van der Waals surface area contributed by atoms with E-state index in [1.54, 1.807) is 0 Å². The van der Waals surface area contributed by atoms with Crippen molar-refractivity contribution >= 4 is 43.6 Å². The van der Waals surface area contributed by atoms with Crippen molar-refractivity contribution in [1.82, 2.24) is 39.0 Å². The van der Waals surface area contributed by atoms with Crippen molar-refractivity contribution in [2.24, 2.45) is 0 Å². The molecular formula is C102H68N8. The van der Waals surface area contributed by atoms with Gasteiger partial charge in [-0.15, -0.1) is 0 Å². The Kier molecular flexibility index (Phi) is 17.5. The number of fused-ring (bicyclic) bond motifs is 6. The van der Waals surface area contributed by atoms with Gasteiger partial charge in [-0.2, -0.15) is 0 Å². The Balaban J connectivity index is 0.000000149. The van der Waals surface area contributed by atoms with Crippen LogP contribution in [0, 0.1) is 0 Å². The van der Waals surface area contributed by atoms with E-state index in [1.807, 2.05) is 121 Å². The van der Waals surface area contributed by atoms with E-state index >= 15 is 0 Å². The van der Waals surface area contributed by atoms with E-state index in [4.69, 9.17) is 29.9 Å². The first-order valence-electron chi connectivity index (χ1n) is 37.0. The van der Waals surface area contributed by atoms with Gasteiger partial charge in [-0.1, -0.05) is 340 Å². The van der Waals surface area contributed by atoms with Gasteiger partial charge in [0.2, 0.25) is 0 Å². The molecule has 8 heteroatoms. The zero-order chi connectivity index (χ0) is 73.1. The minimum Gasteiger partial charge on any atom is -0.309 e. The summed E-state index contributed by atoms with van der Waals surface area (Å²) in [6.07, 6.45) is 0. The number of hydrogen-bond donors (Lipinski definition) is 0. The predicted molar refractivity (Wildman–Crippen MR) is 454 cm³/mol. The fourth-order valence-corrected chi connectivity index (χ4v) is 15.0. The molecule has 0 saturated heterocycles. The number of rotatable bonds is 14. The molecule has 0 amide bonds. The van der Waals surface area contributed by atoms with Crippen LogP contribution in [0.5, 0.6) is 0 Å². The molecule has 8 nitrogen and oxygen atoms in total. The zero-order valence-corrected chi connectivity index (χ0v) is 59.8. The highest BCUT2D eigenvalue weighted by molar-refractivity contribution is 6.12. The minimum absolute atomic E-state index is 0.646. The van der Waals surface area contributed by atoms with Crippen molar-refractivity contribution < 1.29 is 0 Å². The van der Waals surface area contributed by atoms with Crippen molar-refractivity contribution in [3.63, 3.8) is 0 Å². The topological polar surface area (TPSA) is 87.2 Å². The molecule has 0 fully saturated rings. The van der Waals surface area contributed by atoms with Gasteiger partial charge in [-0.25, -0.2) is 29.9 Å². The number of hydrogen-bond acceptors (Lipinski definition) is 6. The minimum atomic E-state index is 0.646. The van der Waals surface area contributed by atoms with Gasteiger partial charge in [-0.3, -0.25) is 0 Å². The Labute approximate surface area is 637 Å². The van der Waals surface area contributed by atoms with Crippen molar-refractivity contribution in [2.75, 3.05) is 0 Å². The second kappa shape index (κ2) is 29.2. The molecule has 0 aliphatic heterocycles. The van der Waals surface area contributed by atoms with Gasteiger partial charge in [0.1, 0.15) is 0 Å². The smallest absolute Gasteiger partial charge is 0.164 e. The quantitative estimate of drug-likeness (QED) is 0.108. The van der Waals surface area contributed by atoms with Crippen molar-refractivity contribution in [3.05, 3.63) is 413 Å². The molecule has 110 heavy (non-hydrogen) atoms. The van der Waals surface area contributed by atoms with Crippen LogP contribution in [0.1, 0.15) is 0 Å². The first-order valence-corrected chi connectivity index (χ1v) is 37.0. The van der Waals surface area contributed by atoms with Crippen LogP contribution in [0.3, 0.4) is 0 Å². The molecule has 0 aliphatic rings. The molecule has 0 bridgehead atoms. The summed E-state index contributed by atoms with van der Waals surface area (Å²) in [5.74, 6) is 3.92. The summed E-state index contributed by atoms with van der Waals surface area (Å²) >= 11 is 0. The van der Waals surface area contributed by atoms with E-state index in [9.17, 15) is 0 Å². The second-order valence-corrected chi connectivity index (χ2v) is 27.4. The number of benzene rings is 16. The summed E-state index contributed by atoms with van der Waals surface area (Å²) < 4.78 is 4.71. The summed E-state index contributed by atoms with van der Waals surface area (Å²) in [5.41, 5.74) is 26.9. The Morgan fingerprint density at radius 3 is 0.618 bits per heavy atom. The summed E-state index contributed by atoms with van der Waals surface area (Å²) in [5, 5.41) is 5.01. The fraction of sp³-hybridized carbons (Fsp3) is 0. The van der Waals surface area contributed by atoms with Crippen molar-refractivity contribution in [2.45, 2.75) is 0 Å². The van der Waals surface area contributed by atoms with Gasteiger partial charge in [0.25, 0.3) is 0 Å². The fourth-order valence-electron chi connectivity index (χ4n) is 15.0. The lowest BCUT2D eigenvalue weighted by Gasteiger charge is -2.11. The molecule has 20 rings (SSSR count). The maximum absolute atomic E-state index is 4.91. The molecule has 0 radical (unpaired) electrons. The van der Waals surface area contributed by atoms with Crippen LogP contribution in [0.2, 0.25) is 0 Å². The van der Waals surface area contributed by atoms with E-state index in [1.165, 1.54) is 93.8 Å². The first-order chi connectivity index (χ1) is 54.5. The van der Waals surface area contributed by atoms with Crippen LogP contribution in [0.15, 0.2) is 413 Å². The lowest BCUT2D eigenvalue weighted by Crippen LogP contribution is -2.00. The van der Waals surface area contributed by atoms with E-state index in [0.29, 0.717) is 34.9 Å². The van der Waals surface area contributed by atoms with Crippen LogP contribution in [-0.4, -0.2) is 39.0 Å². The molecule has 4 aromatic heterocycles. The van der Waals surface area contributed by atoms with Crippen LogP contribution in [0.4, 0.5) is 0 Å². The Morgan fingerprint density at radius 1 is 0.127 bits per heavy atom. The van der Waals surface area contributed by atoms with Gasteiger partial charge in [0.15, 0.2) is 34.9 Å². The third-order valence-electron chi connectivity index (χ3n) is 20.6. The highest BCUT2D eigenvalue weighted by atomic mass is 15.0. The highest BCUT2D eigenvalue weighted by Crippen LogP contribution is 2.40. The summed E-state index contributed by atoms with van der Waals surface area (Å²) in [6.45, 7) is 0. The molecule has 0 saturated carbocycles. The van der Waals surface area contributed by atoms with Gasteiger partial charge in [0, 0.05) is 66.3 Å². The van der Waals surface area contributed by atoms with Gasteiger partial charge in [-0.05, 0) is 140 Å². The lowest BCUT2D eigenvalue weighted by molar-refractivity contribution is 1.07. The Bertz CT molecular complexity index is 6570. The van der Waals surface area contributed by atoms with Crippen LogP contribution >= 0.6 is 0 Å². The third kappa shape index (κ3) is 13.2. The van der Waals surface area contributed by atoms with E-state index in [0.717, 1.165) is 61.3 Å². The van der Waals surface area contributed by atoms with Gasteiger partial charge in [0.05, 0.1) is 22.1 Å². The van der Waals surface area contributed by atoms with Gasteiger partial charge < -0.3 is 9.13 Å². The molecule has 0 N–H and O–H groups in total. The third-order valence-corrected chi connectivity index (χ3v) is 20.6. The first kappa shape index (κ1) is 65.9. The summed E-state index contributed by atoms with van der Waals surface area (Å²) in [6, 6.07) is 145. The molecule has 0 unspecified atom stereocenters. The molecule has 0 atom stereocenters. The molecule has 20 aromatic rings. The molecule has 16 aromatic carbocycles. The Hall–Kier alpha value is -14.9. The molecular weight excluding hydrogens is 1340 g/mol. The highest BCUT2D eigenvalue weighted by Gasteiger charge is 2.19. The normalized spacial score (nSPS) is 11.3. The molecule has 4 heterocycles. The van der Waals surface area contributed by atoms with Crippen LogP contribution < -0.4 is 0 Å². The molecule has 0 aliphatic carbocycles. The van der Waals surface area contributed by atoms with Crippen LogP contribution in [-0.2, 0) is 0 Å². The van der Waals surface area contributed by atoms with E-state index in [-0.39, 0.29) is 0 Å². The average molecular weight is 1410 g/mol. The zero-order valence-electron chi connectivity index (χ0n) is 59.8. The maximum atomic E-state index is 4.91. The van der Waals surface area contributed by atoms with E-state index in [2.05, 4.69) is 300 Å². The SMILES string of the molecule is c1ccc(-c2nc(-c3ccccc3)nc(-c3ccc(-c4ccc(-c5ccc(-c6ccc7c(c6)c6ccccc6n7-c6ccccc6)cc5)cc4)cc3)n2)cc1.c1ccc(-c2nc(-c3ccccc3)nc(-c3ccc(-c4cccc(-c5cccc(-c6ccc7c(c6)c6ccccc6n7-c6ccccc6)c5)c4)cc3)n2)cc1. The standard InChI is InChI=1S/2C51H34N4/c1-4-14-36(15-5-1)49-52-50(37-16-6-2-7-17-37)54-51(53-49)38-28-26-35(27-29-38)39-18-12-19-40(32-39)41-20-13-21-42(33-41)43-30-31-48-46(34-43)45-24-10-11-25-47(45)55(48)44-22-8-3-9-23-44;1-4-12-40(13-5-1)49-52-50(41-14-6-2-7-15-41)54-51(53-49)42-30-28-38(29-31-42)36-22-20-35(21-23-36)37-24-26-39(27-25-37)43-32-33-48-46(34-43)45-18-10-11-19-47(45)55(48)44-16-8-3-9-17-44/h2*1-34H. The molecule has 516 valence electrons. The van der Waals surface area contributed by atoms with E-state index < -0.39 is 0 Å². The Morgan fingerprint density at radius 2 is 0.318 bits per heavy atom. The van der Waals surface area contributed by atoms with Crippen LogP contribution in [0.25, 0.3) is 190 Å². The maximum Gasteiger partial charge on any atom is 0.164 e. The molecule has 0 spiro atoms. The second-order valence-electron chi connectivity index (χ2n) is 27.4. The predicted octanol–water partition coefficient (Wildman–Crippen LogP) is 25.9. The largest absolute Gasteiger partial charge is 0.309 e. The average Bonchev–Trinajstić information content (AvgIpc) is 1.59. The number of nitrogens with zero attached hydrogens (tertiary/aromatic N) is 8. The van der Waals surface area contributed by atoms with Crippen molar-refractivity contribution in [1.29, 1.82) is 0 Å². The van der Waals surface area contributed by atoms with Gasteiger partial charge >= 0.3 is 0 Å². The summed E-state index contributed by atoms with van der Waals surface area (Å²) in [4.78, 5) is 29.3. The number of aromatic nitrogens is 8. The lowest BCUT2D eigenvalue weighted by atomic mass is 9.95. The number of para-hydroxylation sites is 4. The summed E-state index contributed by atoms with van der Waals surface area (Å²) in [7, 11) is 0. The monoisotopic (exact) mass is 1400 g/mol.